The number of hydrogen-bond donors (Lipinski definition) is 0. The molecule has 1 saturated carbocycles. The summed E-state index contributed by atoms with van der Waals surface area (Å²) in [4.78, 5) is 2.48. The maximum absolute atomic E-state index is 2.48. The molecule has 10 aromatic carbocycles. The maximum Gasteiger partial charge on any atom is 0.0713 e. The summed E-state index contributed by atoms with van der Waals surface area (Å²) >= 11 is 0. The van der Waals surface area contributed by atoms with Gasteiger partial charge in [-0.3, -0.25) is 0 Å². The largest absolute Gasteiger partial charge is 0.310 e. The molecule has 64 heavy (non-hydrogen) atoms. The van der Waals surface area contributed by atoms with Crippen molar-refractivity contribution in [3.63, 3.8) is 0 Å². The molecule has 2 aliphatic rings. The van der Waals surface area contributed by atoms with Gasteiger partial charge in [0.05, 0.1) is 11.1 Å². The summed E-state index contributed by atoms with van der Waals surface area (Å²) in [5, 5.41) is 5.18. The molecule has 1 heteroatoms. The summed E-state index contributed by atoms with van der Waals surface area (Å²) in [7, 11) is 0. The minimum atomic E-state index is -0.445. The predicted octanol–water partition coefficient (Wildman–Crippen LogP) is 17.2. The highest BCUT2D eigenvalue weighted by atomic mass is 15.1. The molecule has 0 spiro atoms. The van der Waals surface area contributed by atoms with Gasteiger partial charge >= 0.3 is 0 Å². The standard InChI is InChI=1S/C63H49N/c1-4-20-45(21-5-1)53-31-16-23-47-24-17-33-56(61(47)53)55-29-13-15-36-60(55)64(52-42-37-44-19-10-11-22-48(44)43-52)51-40-38-46(39-41-51)54-32-18-35-59-62(54)57-30-12-14-34-58(57)63(59,49-25-6-2-7-26-49)50-27-8-3-9-28-50/h2-3,6-19,22-43,45H,1,4-5,20-21H2. The van der Waals surface area contributed by atoms with Crippen LogP contribution in [0.4, 0.5) is 17.1 Å². The van der Waals surface area contributed by atoms with E-state index in [1.807, 2.05) is 0 Å². The van der Waals surface area contributed by atoms with Gasteiger partial charge in [0.25, 0.3) is 0 Å². The highest BCUT2D eigenvalue weighted by Gasteiger charge is 2.46. The second kappa shape index (κ2) is 16.0. The number of nitrogens with zero attached hydrogens (tertiary/aromatic N) is 1. The molecule has 2 aliphatic carbocycles. The third kappa shape index (κ3) is 6.21. The van der Waals surface area contributed by atoms with E-state index in [-0.39, 0.29) is 0 Å². The molecule has 0 saturated heterocycles. The lowest BCUT2D eigenvalue weighted by Crippen LogP contribution is -2.28. The van der Waals surface area contributed by atoms with Gasteiger partial charge in [0.2, 0.25) is 0 Å². The number of fused-ring (bicyclic) bond motifs is 5. The zero-order valence-electron chi connectivity index (χ0n) is 36.0. The summed E-state index contributed by atoms with van der Waals surface area (Å²) in [5.41, 5.74) is 17.3. The first-order valence-electron chi connectivity index (χ1n) is 23.1. The Morgan fingerprint density at radius 2 is 0.938 bits per heavy atom. The normalized spacial score (nSPS) is 14.3. The Hall–Kier alpha value is -7.48. The fourth-order valence-corrected chi connectivity index (χ4v) is 11.5. The molecule has 0 atom stereocenters. The maximum atomic E-state index is 2.48. The van der Waals surface area contributed by atoms with Crippen molar-refractivity contribution >= 4 is 38.6 Å². The van der Waals surface area contributed by atoms with Crippen LogP contribution in [-0.2, 0) is 5.41 Å². The first-order valence-corrected chi connectivity index (χ1v) is 23.1. The Balaban J connectivity index is 1.04. The molecule has 1 fully saturated rings. The van der Waals surface area contributed by atoms with Crippen LogP contribution in [0.5, 0.6) is 0 Å². The van der Waals surface area contributed by atoms with E-state index in [0.29, 0.717) is 5.92 Å². The van der Waals surface area contributed by atoms with Gasteiger partial charge in [-0.05, 0) is 126 Å². The van der Waals surface area contributed by atoms with Crippen LogP contribution in [0.15, 0.2) is 231 Å². The van der Waals surface area contributed by atoms with E-state index < -0.39 is 5.41 Å². The molecule has 0 aliphatic heterocycles. The minimum absolute atomic E-state index is 0.445. The van der Waals surface area contributed by atoms with Crippen molar-refractivity contribution in [3.05, 3.63) is 258 Å². The van der Waals surface area contributed by atoms with E-state index in [1.54, 1.807) is 0 Å². The van der Waals surface area contributed by atoms with Crippen molar-refractivity contribution in [2.45, 2.75) is 43.4 Å². The van der Waals surface area contributed by atoms with Crippen molar-refractivity contribution in [2.75, 3.05) is 4.90 Å². The number of hydrogen-bond acceptors (Lipinski definition) is 1. The topological polar surface area (TPSA) is 3.24 Å². The Labute approximate surface area is 376 Å². The van der Waals surface area contributed by atoms with E-state index in [4.69, 9.17) is 0 Å². The predicted molar refractivity (Wildman–Crippen MR) is 270 cm³/mol. The van der Waals surface area contributed by atoms with E-state index in [2.05, 4.69) is 235 Å². The highest BCUT2D eigenvalue weighted by Crippen LogP contribution is 2.58. The number of para-hydroxylation sites is 1. The van der Waals surface area contributed by atoms with Gasteiger partial charge < -0.3 is 4.90 Å². The van der Waals surface area contributed by atoms with Crippen molar-refractivity contribution in [3.8, 4) is 33.4 Å². The number of anilines is 3. The smallest absolute Gasteiger partial charge is 0.0713 e. The molecular weight excluding hydrogens is 771 g/mol. The first-order chi connectivity index (χ1) is 31.8. The minimum Gasteiger partial charge on any atom is -0.310 e. The molecule has 0 bridgehead atoms. The second-order valence-electron chi connectivity index (χ2n) is 17.8. The van der Waals surface area contributed by atoms with Crippen LogP contribution in [0, 0.1) is 0 Å². The van der Waals surface area contributed by atoms with Gasteiger partial charge in [-0.15, -0.1) is 0 Å². The number of rotatable bonds is 8. The quantitative estimate of drug-likeness (QED) is 0.148. The van der Waals surface area contributed by atoms with Crippen LogP contribution < -0.4 is 4.90 Å². The van der Waals surface area contributed by atoms with E-state index in [1.165, 1.54) is 121 Å². The fraction of sp³-hybridized carbons (Fsp3) is 0.111. The zero-order valence-corrected chi connectivity index (χ0v) is 36.0. The molecule has 0 unspecified atom stereocenters. The van der Waals surface area contributed by atoms with E-state index in [9.17, 15) is 0 Å². The molecule has 12 rings (SSSR count). The highest BCUT2D eigenvalue weighted by molar-refractivity contribution is 6.04. The Morgan fingerprint density at radius 1 is 0.375 bits per heavy atom. The van der Waals surface area contributed by atoms with Gasteiger partial charge in [-0.1, -0.05) is 219 Å². The zero-order chi connectivity index (χ0) is 42.5. The van der Waals surface area contributed by atoms with Crippen LogP contribution in [0.3, 0.4) is 0 Å². The van der Waals surface area contributed by atoms with Crippen LogP contribution >= 0.6 is 0 Å². The average molecular weight is 820 g/mol. The van der Waals surface area contributed by atoms with Crippen molar-refractivity contribution in [2.24, 2.45) is 0 Å². The van der Waals surface area contributed by atoms with Crippen LogP contribution in [0.2, 0.25) is 0 Å². The molecule has 10 aromatic rings. The molecule has 0 N–H and O–H groups in total. The molecule has 0 amide bonds. The van der Waals surface area contributed by atoms with E-state index in [0.717, 1.165) is 11.4 Å². The lowest BCUT2D eigenvalue weighted by Gasteiger charge is -2.34. The average Bonchev–Trinajstić information content (AvgIpc) is 3.68. The van der Waals surface area contributed by atoms with Gasteiger partial charge in [0.1, 0.15) is 0 Å². The van der Waals surface area contributed by atoms with Crippen molar-refractivity contribution in [1.82, 2.24) is 0 Å². The molecular formula is C63H49N. The van der Waals surface area contributed by atoms with Gasteiger partial charge in [0.15, 0.2) is 0 Å². The first kappa shape index (κ1) is 38.2. The third-order valence-corrected chi connectivity index (χ3v) is 14.3. The molecule has 0 heterocycles. The Bertz CT molecular complexity index is 3260. The third-order valence-electron chi connectivity index (χ3n) is 14.3. The Kier molecular flexibility index (Phi) is 9.56. The van der Waals surface area contributed by atoms with Gasteiger partial charge in [-0.2, -0.15) is 0 Å². The molecule has 1 nitrogen and oxygen atoms in total. The van der Waals surface area contributed by atoms with Crippen molar-refractivity contribution in [1.29, 1.82) is 0 Å². The van der Waals surface area contributed by atoms with Crippen molar-refractivity contribution < 1.29 is 0 Å². The fourth-order valence-electron chi connectivity index (χ4n) is 11.5. The summed E-state index contributed by atoms with van der Waals surface area (Å²) in [5.74, 6) is 0.590. The molecule has 0 aromatic heterocycles. The lowest BCUT2D eigenvalue weighted by molar-refractivity contribution is 0.445. The molecule has 0 radical (unpaired) electrons. The van der Waals surface area contributed by atoms with E-state index >= 15 is 0 Å². The van der Waals surface area contributed by atoms with Crippen LogP contribution in [0.25, 0.3) is 54.9 Å². The number of benzene rings is 10. The lowest BCUT2D eigenvalue weighted by atomic mass is 9.67. The van der Waals surface area contributed by atoms with Crippen LogP contribution in [-0.4, -0.2) is 0 Å². The second-order valence-corrected chi connectivity index (χ2v) is 17.8. The summed E-state index contributed by atoms with van der Waals surface area (Å²) < 4.78 is 0. The van der Waals surface area contributed by atoms with Crippen LogP contribution in [0.1, 0.15) is 65.8 Å². The summed E-state index contributed by atoms with van der Waals surface area (Å²) in [6, 6.07) is 86.1. The molecule has 306 valence electrons. The summed E-state index contributed by atoms with van der Waals surface area (Å²) in [6.45, 7) is 0. The van der Waals surface area contributed by atoms with Gasteiger partial charge in [0, 0.05) is 16.9 Å². The SMILES string of the molecule is c1ccc(C2(c3ccccc3)c3ccccc3-c3c(-c4ccc(N(c5ccc6ccccc6c5)c5ccccc5-c5cccc6cccc(C7CCCCC7)c56)cc4)cccc32)cc1. The monoisotopic (exact) mass is 819 g/mol. The Morgan fingerprint density at radius 3 is 1.70 bits per heavy atom. The van der Waals surface area contributed by atoms with Gasteiger partial charge in [-0.25, -0.2) is 0 Å². The summed E-state index contributed by atoms with van der Waals surface area (Å²) in [6.07, 6.45) is 6.49.